The van der Waals surface area contributed by atoms with E-state index in [4.69, 9.17) is 10.5 Å². The minimum atomic E-state index is 0.315. The van der Waals surface area contributed by atoms with Crippen molar-refractivity contribution >= 4 is 5.82 Å². The Labute approximate surface area is 80.1 Å². The van der Waals surface area contributed by atoms with Gasteiger partial charge in [0, 0.05) is 11.8 Å². The van der Waals surface area contributed by atoms with Crippen molar-refractivity contribution in [2.75, 3.05) is 5.73 Å². The molecule has 0 aliphatic carbocycles. The highest BCUT2D eigenvalue weighted by molar-refractivity contribution is 5.28. The van der Waals surface area contributed by atoms with E-state index in [2.05, 4.69) is 20.2 Å². The van der Waals surface area contributed by atoms with Gasteiger partial charge in [0.2, 0.25) is 11.8 Å². The van der Waals surface area contributed by atoms with Crippen molar-refractivity contribution in [2.24, 2.45) is 0 Å². The Morgan fingerprint density at radius 1 is 1.36 bits per heavy atom. The van der Waals surface area contributed by atoms with Gasteiger partial charge in [-0.25, -0.2) is 0 Å². The van der Waals surface area contributed by atoms with Gasteiger partial charge >= 0.3 is 0 Å². The first-order chi connectivity index (χ1) is 6.74. The molecular weight excluding hydrogens is 182 g/mol. The summed E-state index contributed by atoms with van der Waals surface area (Å²) in [7, 11) is 0. The molecule has 0 radical (unpaired) electrons. The van der Waals surface area contributed by atoms with Gasteiger partial charge in [0.25, 0.3) is 0 Å². The summed E-state index contributed by atoms with van der Waals surface area (Å²) >= 11 is 0. The fourth-order valence-corrected chi connectivity index (χ4v) is 0.964. The second-order valence-corrected chi connectivity index (χ2v) is 2.77. The van der Waals surface area contributed by atoms with Crippen LogP contribution in [-0.4, -0.2) is 20.2 Å². The van der Waals surface area contributed by atoms with Gasteiger partial charge in [0.05, 0.1) is 12.4 Å². The fraction of sp³-hybridized carbons (Fsp3) is 0.125. The summed E-state index contributed by atoms with van der Waals surface area (Å²) in [5, 5.41) is 6.63. The number of anilines is 1. The number of nitrogen functional groups attached to an aromatic ring is 1. The molecule has 6 nitrogen and oxygen atoms in total. The van der Waals surface area contributed by atoms with E-state index in [-0.39, 0.29) is 0 Å². The molecule has 6 heteroatoms. The van der Waals surface area contributed by atoms with Crippen molar-refractivity contribution in [1.29, 1.82) is 0 Å². The summed E-state index contributed by atoms with van der Waals surface area (Å²) < 4.78 is 5.28. The number of hydrogen-bond donors (Lipinski definition) is 2. The smallest absolute Gasteiger partial charge is 0.241 e. The molecule has 2 aromatic heterocycles. The van der Waals surface area contributed by atoms with E-state index >= 15 is 0 Å². The Kier molecular flexibility index (Phi) is 2.02. The Bertz CT molecular complexity index is 439. The van der Waals surface area contributed by atoms with Crippen LogP contribution in [0.2, 0.25) is 0 Å². The molecule has 0 fully saturated rings. The maximum absolute atomic E-state index is 5.44. The lowest BCUT2D eigenvalue weighted by atomic mass is 10.5. The van der Waals surface area contributed by atoms with Gasteiger partial charge in [-0.1, -0.05) is 0 Å². The number of aromatic amines is 1. The lowest BCUT2D eigenvalue weighted by Crippen LogP contribution is -1.94. The summed E-state index contributed by atoms with van der Waals surface area (Å²) in [4.78, 5) is 7.75. The first-order valence-corrected chi connectivity index (χ1v) is 4.01. The van der Waals surface area contributed by atoms with E-state index in [1.807, 2.05) is 6.92 Å². The van der Waals surface area contributed by atoms with Crippen LogP contribution >= 0.6 is 0 Å². The second kappa shape index (κ2) is 3.33. The summed E-state index contributed by atoms with van der Waals surface area (Å²) in [6.07, 6.45) is 2.92. The van der Waals surface area contributed by atoms with Crippen molar-refractivity contribution in [2.45, 2.75) is 6.92 Å². The molecule has 0 aromatic carbocycles. The first-order valence-electron chi connectivity index (χ1n) is 4.01. The third-order valence-corrected chi connectivity index (χ3v) is 1.52. The highest BCUT2D eigenvalue weighted by Gasteiger charge is 2.02. The van der Waals surface area contributed by atoms with E-state index < -0.39 is 0 Å². The zero-order chi connectivity index (χ0) is 9.97. The van der Waals surface area contributed by atoms with Gasteiger partial charge < -0.3 is 10.5 Å². The lowest BCUT2D eigenvalue weighted by molar-refractivity contribution is 0.442. The molecule has 0 aliphatic rings. The molecule has 72 valence electrons. The number of aromatic nitrogens is 4. The molecular formula is C8H9N5O. The zero-order valence-corrected chi connectivity index (χ0v) is 7.56. The highest BCUT2D eigenvalue weighted by Crippen LogP contribution is 2.16. The predicted molar refractivity (Wildman–Crippen MR) is 49.8 cm³/mol. The Morgan fingerprint density at radius 3 is 2.86 bits per heavy atom. The third-order valence-electron chi connectivity index (χ3n) is 1.52. The topological polar surface area (TPSA) is 89.7 Å². The summed E-state index contributed by atoms with van der Waals surface area (Å²) in [5.74, 6) is 1.09. The van der Waals surface area contributed by atoms with Crippen LogP contribution in [0.25, 0.3) is 0 Å². The van der Waals surface area contributed by atoms with Crippen LogP contribution in [0.1, 0.15) is 5.69 Å². The summed E-state index contributed by atoms with van der Waals surface area (Å²) in [6.45, 7) is 1.88. The van der Waals surface area contributed by atoms with E-state index in [1.54, 1.807) is 6.07 Å². The molecule has 3 N–H and O–H groups in total. The van der Waals surface area contributed by atoms with Gasteiger partial charge in [-0.05, 0) is 6.92 Å². The number of aryl methyl sites for hydroxylation is 1. The number of nitrogens with two attached hydrogens (primary N) is 1. The van der Waals surface area contributed by atoms with Gasteiger partial charge in [-0.3, -0.25) is 10.1 Å². The first kappa shape index (κ1) is 8.49. The van der Waals surface area contributed by atoms with Crippen LogP contribution in [0.4, 0.5) is 5.82 Å². The molecule has 0 saturated heterocycles. The minimum Gasteiger partial charge on any atom is -0.417 e. The van der Waals surface area contributed by atoms with E-state index in [0.717, 1.165) is 5.69 Å². The SMILES string of the molecule is Cc1cc(Oc2cncc(N)n2)n[nH]1. The molecule has 2 aromatic rings. The lowest BCUT2D eigenvalue weighted by Gasteiger charge is -1.99. The molecule has 0 unspecified atom stereocenters. The second-order valence-electron chi connectivity index (χ2n) is 2.77. The molecule has 0 saturated carbocycles. The van der Waals surface area contributed by atoms with Gasteiger partial charge in [0.15, 0.2) is 0 Å². The standard InChI is InChI=1S/C8H9N5O/c1-5-2-7(13-12-5)14-8-4-10-3-6(9)11-8/h2-4H,1H3,(H2,9,11)(H,12,13). The van der Waals surface area contributed by atoms with Crippen molar-refractivity contribution in [3.63, 3.8) is 0 Å². The molecule has 0 spiro atoms. The number of H-pyrrole nitrogens is 1. The van der Waals surface area contributed by atoms with Crippen LogP contribution in [0.15, 0.2) is 18.5 Å². The fourth-order valence-electron chi connectivity index (χ4n) is 0.964. The molecule has 0 amide bonds. The van der Waals surface area contributed by atoms with Crippen molar-refractivity contribution < 1.29 is 4.74 Å². The number of rotatable bonds is 2. The van der Waals surface area contributed by atoms with Crippen LogP contribution in [-0.2, 0) is 0 Å². The molecule has 2 rings (SSSR count). The molecule has 2 heterocycles. The quantitative estimate of drug-likeness (QED) is 0.735. The van der Waals surface area contributed by atoms with Crippen LogP contribution in [0.3, 0.4) is 0 Å². The Balaban J connectivity index is 2.18. The van der Waals surface area contributed by atoms with Crippen molar-refractivity contribution in [3.8, 4) is 11.8 Å². The van der Waals surface area contributed by atoms with Gasteiger partial charge in [-0.15, -0.1) is 5.10 Å². The van der Waals surface area contributed by atoms with Crippen molar-refractivity contribution in [3.05, 3.63) is 24.2 Å². The normalized spacial score (nSPS) is 10.1. The van der Waals surface area contributed by atoms with E-state index in [9.17, 15) is 0 Å². The zero-order valence-electron chi connectivity index (χ0n) is 7.56. The average molecular weight is 191 g/mol. The Hall–Kier alpha value is -2.11. The summed E-state index contributed by atoms with van der Waals surface area (Å²) in [5.41, 5.74) is 6.35. The predicted octanol–water partition coefficient (Wildman–Crippen LogP) is 0.883. The van der Waals surface area contributed by atoms with Gasteiger partial charge in [0.1, 0.15) is 5.82 Å². The maximum atomic E-state index is 5.44. The van der Waals surface area contributed by atoms with E-state index in [1.165, 1.54) is 12.4 Å². The minimum absolute atomic E-state index is 0.315. The third kappa shape index (κ3) is 1.79. The molecule has 0 bridgehead atoms. The molecule has 14 heavy (non-hydrogen) atoms. The molecule has 0 atom stereocenters. The van der Waals surface area contributed by atoms with Crippen LogP contribution in [0.5, 0.6) is 11.8 Å². The molecule has 0 aliphatic heterocycles. The summed E-state index contributed by atoms with van der Waals surface area (Å²) in [6, 6.07) is 1.75. The largest absolute Gasteiger partial charge is 0.417 e. The van der Waals surface area contributed by atoms with Gasteiger partial charge in [-0.2, -0.15) is 4.98 Å². The highest BCUT2D eigenvalue weighted by atomic mass is 16.5. The number of nitrogens with zero attached hydrogens (tertiary/aromatic N) is 3. The average Bonchev–Trinajstić information content (AvgIpc) is 2.51. The monoisotopic (exact) mass is 191 g/mol. The van der Waals surface area contributed by atoms with Crippen LogP contribution < -0.4 is 10.5 Å². The van der Waals surface area contributed by atoms with Crippen LogP contribution in [0, 0.1) is 6.92 Å². The van der Waals surface area contributed by atoms with Crippen molar-refractivity contribution in [1.82, 2.24) is 20.2 Å². The van der Waals surface area contributed by atoms with E-state index in [0.29, 0.717) is 17.6 Å². The maximum Gasteiger partial charge on any atom is 0.241 e. The number of ether oxygens (including phenoxy) is 1. The number of hydrogen-bond acceptors (Lipinski definition) is 5. The number of nitrogens with one attached hydrogen (secondary N) is 1. The Morgan fingerprint density at radius 2 is 2.21 bits per heavy atom.